The van der Waals surface area contributed by atoms with Gasteiger partial charge in [0.25, 0.3) is 0 Å². The summed E-state index contributed by atoms with van der Waals surface area (Å²) in [5.74, 6) is -0.807. The van der Waals surface area contributed by atoms with E-state index in [1.54, 1.807) is 0 Å². The zero-order valence-electron chi connectivity index (χ0n) is 16.6. The van der Waals surface area contributed by atoms with E-state index in [-0.39, 0.29) is 12.5 Å². The Kier molecular flexibility index (Phi) is 12.4. The topological polar surface area (TPSA) is 107 Å². The summed E-state index contributed by atoms with van der Waals surface area (Å²) >= 11 is 0. The van der Waals surface area contributed by atoms with Gasteiger partial charge in [0.15, 0.2) is 0 Å². The van der Waals surface area contributed by atoms with Crippen LogP contribution >= 0.6 is 0 Å². The van der Waals surface area contributed by atoms with Crippen LogP contribution < -0.4 is 0 Å². The highest BCUT2D eigenvalue weighted by Gasteiger charge is 2.36. The van der Waals surface area contributed by atoms with Gasteiger partial charge in [0.05, 0.1) is 30.5 Å². The molecule has 158 valence electrons. The number of aliphatic hydroxyl groups excluding tert-OH is 3. The molecule has 4 N–H and O–H groups in total. The lowest BCUT2D eigenvalue weighted by Crippen LogP contribution is -2.24. The summed E-state index contributed by atoms with van der Waals surface area (Å²) in [4.78, 5) is 10.4. The number of hydrogen-bond donors (Lipinski definition) is 4. The van der Waals surface area contributed by atoms with Gasteiger partial charge in [-0.2, -0.15) is 0 Å². The Bertz CT molecular complexity index is 551. The molecular formula is C22H34O6. The summed E-state index contributed by atoms with van der Waals surface area (Å²) in [5.41, 5.74) is 0. The number of carboxylic acid groups (broad SMARTS) is 1. The second kappa shape index (κ2) is 14.3. The molecule has 28 heavy (non-hydrogen) atoms. The normalized spacial score (nSPS) is 25.5. The van der Waals surface area contributed by atoms with Gasteiger partial charge in [-0.1, -0.05) is 55.5 Å². The predicted octanol–water partition coefficient (Wildman–Crippen LogP) is 2.90. The lowest BCUT2D eigenvalue weighted by Gasteiger charge is -2.16. The number of carboxylic acids is 1. The van der Waals surface area contributed by atoms with Crippen LogP contribution in [-0.2, 0) is 9.53 Å². The van der Waals surface area contributed by atoms with E-state index in [1.807, 2.05) is 43.4 Å². The third-order valence-electron chi connectivity index (χ3n) is 4.44. The lowest BCUT2D eigenvalue weighted by atomic mass is 10.0. The quantitative estimate of drug-likeness (QED) is 0.358. The number of rotatable bonds is 13. The predicted molar refractivity (Wildman–Crippen MR) is 109 cm³/mol. The van der Waals surface area contributed by atoms with E-state index >= 15 is 0 Å². The number of carbonyl (C=O) groups is 1. The van der Waals surface area contributed by atoms with Crippen LogP contribution in [0.2, 0.25) is 0 Å². The third-order valence-corrected chi connectivity index (χ3v) is 4.44. The number of ether oxygens (including phenoxy) is 1. The van der Waals surface area contributed by atoms with Crippen molar-refractivity contribution in [3.8, 4) is 0 Å². The first-order chi connectivity index (χ1) is 13.4. The first kappa shape index (κ1) is 24.3. The average Bonchev–Trinajstić information content (AvgIpc) is 3.02. The summed E-state index contributed by atoms with van der Waals surface area (Å²) in [5, 5.41) is 38.7. The molecule has 0 bridgehead atoms. The van der Waals surface area contributed by atoms with Crippen molar-refractivity contribution in [2.45, 2.75) is 82.4 Å². The molecular weight excluding hydrogens is 360 g/mol. The van der Waals surface area contributed by atoms with Crippen LogP contribution in [0.3, 0.4) is 0 Å². The van der Waals surface area contributed by atoms with Crippen molar-refractivity contribution in [3.63, 3.8) is 0 Å². The van der Waals surface area contributed by atoms with Crippen molar-refractivity contribution in [3.05, 3.63) is 48.6 Å². The van der Waals surface area contributed by atoms with Gasteiger partial charge in [-0.05, 0) is 32.1 Å². The van der Waals surface area contributed by atoms with Gasteiger partial charge < -0.3 is 25.2 Å². The van der Waals surface area contributed by atoms with Crippen molar-refractivity contribution >= 4 is 5.97 Å². The van der Waals surface area contributed by atoms with Crippen LogP contribution in [-0.4, -0.2) is 56.9 Å². The maximum atomic E-state index is 10.4. The number of aliphatic hydroxyl groups is 3. The van der Waals surface area contributed by atoms with E-state index in [4.69, 9.17) is 9.84 Å². The number of allylic oxidation sites excluding steroid dienone is 4. The van der Waals surface area contributed by atoms with E-state index in [9.17, 15) is 20.1 Å². The molecule has 6 heteroatoms. The molecule has 0 unspecified atom stereocenters. The second-order valence-corrected chi connectivity index (χ2v) is 6.92. The van der Waals surface area contributed by atoms with Gasteiger partial charge in [-0.3, -0.25) is 4.79 Å². The van der Waals surface area contributed by atoms with Crippen molar-refractivity contribution in [1.82, 2.24) is 0 Å². The molecule has 1 rings (SSSR count). The molecule has 1 aliphatic heterocycles. The minimum Gasteiger partial charge on any atom is -0.481 e. The van der Waals surface area contributed by atoms with Crippen LogP contribution in [0.25, 0.3) is 0 Å². The molecule has 0 aromatic rings. The Balaban J connectivity index is 2.28. The highest BCUT2D eigenvalue weighted by molar-refractivity contribution is 5.66. The van der Waals surface area contributed by atoms with Crippen molar-refractivity contribution in [2.24, 2.45) is 0 Å². The smallest absolute Gasteiger partial charge is 0.303 e. The summed E-state index contributed by atoms with van der Waals surface area (Å²) in [7, 11) is 0. The fourth-order valence-corrected chi connectivity index (χ4v) is 2.87. The molecule has 5 atom stereocenters. The Morgan fingerprint density at radius 2 is 1.86 bits per heavy atom. The van der Waals surface area contributed by atoms with Gasteiger partial charge in [0, 0.05) is 12.8 Å². The Morgan fingerprint density at radius 1 is 1.11 bits per heavy atom. The van der Waals surface area contributed by atoms with Gasteiger partial charge in [0.1, 0.15) is 0 Å². The maximum absolute atomic E-state index is 10.4. The van der Waals surface area contributed by atoms with E-state index in [0.29, 0.717) is 32.1 Å². The Morgan fingerprint density at radius 3 is 2.57 bits per heavy atom. The van der Waals surface area contributed by atoms with Gasteiger partial charge in [-0.25, -0.2) is 0 Å². The zero-order chi connectivity index (χ0) is 20.8. The summed E-state index contributed by atoms with van der Waals surface area (Å²) in [6.45, 7) is 2.04. The standard InChI is InChI=1S/C22H34O6/c1-2-3-8-12-20-19(25)16-21(28-20)18(24)15-14-17(23)11-9-6-4-5-7-10-13-22(26)27/h3,5-9,14-15,17-21,23-25H,2,4,10-13,16H2,1H3,(H,26,27)/b7-5-,8-3-,9-6-,15-14+/t17-,18+,19-,20-,21-/m0/s1. The van der Waals surface area contributed by atoms with E-state index in [2.05, 4.69) is 0 Å². The van der Waals surface area contributed by atoms with E-state index in [0.717, 1.165) is 6.42 Å². The molecule has 0 aromatic heterocycles. The van der Waals surface area contributed by atoms with Crippen LogP contribution in [0.4, 0.5) is 0 Å². The van der Waals surface area contributed by atoms with Crippen LogP contribution in [0.15, 0.2) is 48.6 Å². The number of hydrogen-bond acceptors (Lipinski definition) is 5. The fraction of sp³-hybridized carbons (Fsp3) is 0.591. The second-order valence-electron chi connectivity index (χ2n) is 6.92. The SMILES string of the molecule is CC/C=C\C[C@@H]1O[C@H]([C@H](O)/C=C/[C@@H](O)C/C=C\C/C=C\CCC(=O)O)C[C@@H]1O. The molecule has 1 heterocycles. The molecule has 0 aromatic carbocycles. The molecule has 1 aliphatic rings. The van der Waals surface area contributed by atoms with Crippen LogP contribution in [0.1, 0.15) is 51.9 Å². The van der Waals surface area contributed by atoms with Gasteiger partial charge in [0.2, 0.25) is 0 Å². The largest absolute Gasteiger partial charge is 0.481 e. The monoisotopic (exact) mass is 394 g/mol. The van der Waals surface area contributed by atoms with Gasteiger partial charge in [-0.15, -0.1) is 0 Å². The molecule has 0 saturated carbocycles. The highest BCUT2D eigenvalue weighted by Crippen LogP contribution is 2.26. The molecule has 1 fully saturated rings. The first-order valence-electron chi connectivity index (χ1n) is 9.98. The molecule has 0 aliphatic carbocycles. The summed E-state index contributed by atoms with van der Waals surface area (Å²) in [6, 6.07) is 0. The highest BCUT2D eigenvalue weighted by atomic mass is 16.5. The molecule has 0 spiro atoms. The van der Waals surface area contributed by atoms with E-state index < -0.39 is 30.4 Å². The van der Waals surface area contributed by atoms with Gasteiger partial charge >= 0.3 is 5.97 Å². The maximum Gasteiger partial charge on any atom is 0.303 e. The average molecular weight is 395 g/mol. The Labute approximate surface area is 167 Å². The molecule has 0 radical (unpaired) electrons. The molecule has 6 nitrogen and oxygen atoms in total. The lowest BCUT2D eigenvalue weighted by molar-refractivity contribution is -0.136. The molecule has 0 amide bonds. The Hall–Kier alpha value is -1.73. The fourth-order valence-electron chi connectivity index (χ4n) is 2.87. The van der Waals surface area contributed by atoms with Crippen LogP contribution in [0, 0.1) is 0 Å². The molecule has 1 saturated heterocycles. The summed E-state index contributed by atoms with van der Waals surface area (Å²) in [6.07, 6.45) is 15.3. The summed E-state index contributed by atoms with van der Waals surface area (Å²) < 4.78 is 5.73. The zero-order valence-corrected chi connectivity index (χ0v) is 16.6. The van der Waals surface area contributed by atoms with E-state index in [1.165, 1.54) is 12.2 Å². The van der Waals surface area contributed by atoms with Crippen LogP contribution in [0.5, 0.6) is 0 Å². The van der Waals surface area contributed by atoms with Crippen molar-refractivity contribution < 1.29 is 30.0 Å². The van der Waals surface area contributed by atoms with Crippen molar-refractivity contribution in [2.75, 3.05) is 0 Å². The first-order valence-corrected chi connectivity index (χ1v) is 9.98. The third kappa shape index (κ3) is 10.6. The van der Waals surface area contributed by atoms with Crippen molar-refractivity contribution in [1.29, 1.82) is 0 Å². The minimum absolute atomic E-state index is 0.129. The minimum atomic E-state index is -0.870. The number of aliphatic carboxylic acids is 1.